The molecule has 2 heterocycles. The molecule has 1 N–H and O–H groups in total. The van der Waals surface area contributed by atoms with Crippen molar-refractivity contribution < 1.29 is 0 Å². The second kappa shape index (κ2) is 5.63. The lowest BCUT2D eigenvalue weighted by Gasteiger charge is -2.29. The molecular weight excluding hydrogens is 208 g/mol. The van der Waals surface area contributed by atoms with Gasteiger partial charge in [0.1, 0.15) is 0 Å². The maximum Gasteiger partial charge on any atom is 0.0422 e. The van der Waals surface area contributed by atoms with Gasteiger partial charge < -0.3 is 5.32 Å². The van der Waals surface area contributed by atoms with Gasteiger partial charge in [0, 0.05) is 23.9 Å². The standard InChI is InChI=1S/C15H24N2/c1-3-13-7-8-14(16-12-13)11-15(2)9-5-4-6-10-17-15/h7-8,12,17H,3-6,9-11H2,1-2H3. The van der Waals surface area contributed by atoms with E-state index in [1.54, 1.807) is 0 Å². The molecule has 94 valence electrons. The van der Waals surface area contributed by atoms with Gasteiger partial charge in [-0.05, 0) is 44.4 Å². The van der Waals surface area contributed by atoms with E-state index in [9.17, 15) is 0 Å². The first-order valence-electron chi connectivity index (χ1n) is 6.91. The summed E-state index contributed by atoms with van der Waals surface area (Å²) in [6.07, 6.45) is 9.44. The average Bonchev–Trinajstić information content (AvgIpc) is 2.55. The molecule has 1 aliphatic heterocycles. The monoisotopic (exact) mass is 232 g/mol. The molecule has 2 nitrogen and oxygen atoms in total. The zero-order valence-corrected chi connectivity index (χ0v) is 11.1. The maximum absolute atomic E-state index is 4.58. The molecule has 0 aromatic carbocycles. The Morgan fingerprint density at radius 3 is 2.88 bits per heavy atom. The zero-order valence-electron chi connectivity index (χ0n) is 11.1. The van der Waals surface area contributed by atoms with Crippen LogP contribution in [0.25, 0.3) is 0 Å². The summed E-state index contributed by atoms with van der Waals surface area (Å²) in [5, 5.41) is 3.70. The Balaban J connectivity index is 2.02. The molecule has 0 saturated carbocycles. The maximum atomic E-state index is 4.58. The molecule has 2 heteroatoms. The summed E-state index contributed by atoms with van der Waals surface area (Å²) in [4.78, 5) is 4.58. The Morgan fingerprint density at radius 2 is 2.18 bits per heavy atom. The molecule has 1 fully saturated rings. The van der Waals surface area contributed by atoms with Gasteiger partial charge in [0.15, 0.2) is 0 Å². The van der Waals surface area contributed by atoms with Crippen molar-refractivity contribution in [3.63, 3.8) is 0 Å². The first-order valence-corrected chi connectivity index (χ1v) is 6.91. The number of nitrogens with zero attached hydrogens (tertiary/aromatic N) is 1. The van der Waals surface area contributed by atoms with Crippen LogP contribution >= 0.6 is 0 Å². The van der Waals surface area contributed by atoms with Crippen LogP contribution in [-0.4, -0.2) is 17.1 Å². The Kier molecular flexibility index (Phi) is 4.16. The summed E-state index contributed by atoms with van der Waals surface area (Å²) >= 11 is 0. The number of pyridine rings is 1. The van der Waals surface area contributed by atoms with Crippen LogP contribution in [0.3, 0.4) is 0 Å². The van der Waals surface area contributed by atoms with Gasteiger partial charge in [-0.1, -0.05) is 25.8 Å². The second-order valence-corrected chi connectivity index (χ2v) is 5.49. The third kappa shape index (κ3) is 3.53. The van der Waals surface area contributed by atoms with E-state index in [0.29, 0.717) is 0 Å². The largest absolute Gasteiger partial charge is 0.311 e. The van der Waals surface area contributed by atoms with Crippen molar-refractivity contribution in [3.05, 3.63) is 29.6 Å². The third-order valence-electron chi connectivity index (χ3n) is 3.82. The van der Waals surface area contributed by atoms with Crippen molar-refractivity contribution in [2.75, 3.05) is 6.54 Å². The zero-order chi connectivity index (χ0) is 12.1. The normalized spacial score (nSPS) is 25.5. The molecular formula is C15H24N2. The van der Waals surface area contributed by atoms with E-state index >= 15 is 0 Å². The van der Waals surface area contributed by atoms with Crippen LogP contribution in [0.1, 0.15) is 50.8 Å². The van der Waals surface area contributed by atoms with Crippen LogP contribution in [0.15, 0.2) is 18.3 Å². The molecule has 0 aliphatic carbocycles. The quantitative estimate of drug-likeness (QED) is 0.866. The Morgan fingerprint density at radius 1 is 1.29 bits per heavy atom. The summed E-state index contributed by atoms with van der Waals surface area (Å²) in [6.45, 7) is 5.67. The molecule has 1 unspecified atom stereocenters. The molecule has 1 saturated heterocycles. The fourth-order valence-corrected chi connectivity index (χ4v) is 2.61. The molecule has 0 bridgehead atoms. The van der Waals surface area contributed by atoms with Crippen LogP contribution in [-0.2, 0) is 12.8 Å². The number of aryl methyl sites for hydroxylation is 1. The molecule has 1 atom stereocenters. The summed E-state index contributed by atoms with van der Waals surface area (Å²) in [6, 6.07) is 4.40. The van der Waals surface area contributed by atoms with E-state index in [1.165, 1.54) is 36.9 Å². The topological polar surface area (TPSA) is 24.9 Å². The Labute approximate surface area is 105 Å². The Bertz CT molecular complexity index is 334. The third-order valence-corrected chi connectivity index (χ3v) is 3.82. The van der Waals surface area contributed by atoms with Crippen LogP contribution in [0, 0.1) is 0 Å². The lowest BCUT2D eigenvalue weighted by molar-refractivity contribution is 0.342. The molecule has 0 radical (unpaired) electrons. The highest BCUT2D eigenvalue weighted by atomic mass is 15.0. The van der Waals surface area contributed by atoms with E-state index in [4.69, 9.17) is 0 Å². The molecule has 0 amide bonds. The van der Waals surface area contributed by atoms with Gasteiger partial charge >= 0.3 is 0 Å². The van der Waals surface area contributed by atoms with Gasteiger partial charge in [0.05, 0.1) is 0 Å². The number of aromatic nitrogens is 1. The van der Waals surface area contributed by atoms with E-state index < -0.39 is 0 Å². The van der Waals surface area contributed by atoms with Crippen molar-refractivity contribution in [2.45, 2.75) is 57.9 Å². The van der Waals surface area contributed by atoms with Crippen LogP contribution in [0.5, 0.6) is 0 Å². The molecule has 1 aliphatic rings. The number of rotatable bonds is 3. The van der Waals surface area contributed by atoms with Crippen LogP contribution < -0.4 is 5.32 Å². The molecule has 0 spiro atoms. The number of hydrogen-bond acceptors (Lipinski definition) is 2. The van der Waals surface area contributed by atoms with Crippen molar-refractivity contribution in [1.29, 1.82) is 0 Å². The minimum atomic E-state index is 0.247. The first-order chi connectivity index (χ1) is 8.22. The summed E-state index contributed by atoms with van der Waals surface area (Å²) in [5.41, 5.74) is 2.80. The highest BCUT2D eigenvalue weighted by Crippen LogP contribution is 2.22. The predicted molar refractivity (Wildman–Crippen MR) is 72.2 cm³/mol. The number of hydrogen-bond donors (Lipinski definition) is 1. The summed E-state index contributed by atoms with van der Waals surface area (Å²) in [7, 11) is 0. The molecule has 17 heavy (non-hydrogen) atoms. The highest BCUT2D eigenvalue weighted by molar-refractivity contribution is 5.15. The van der Waals surface area contributed by atoms with Crippen LogP contribution in [0.4, 0.5) is 0 Å². The van der Waals surface area contributed by atoms with Gasteiger partial charge in [-0.2, -0.15) is 0 Å². The lowest BCUT2D eigenvalue weighted by Crippen LogP contribution is -2.43. The molecule has 2 rings (SSSR count). The van der Waals surface area contributed by atoms with Crippen molar-refractivity contribution >= 4 is 0 Å². The van der Waals surface area contributed by atoms with E-state index in [0.717, 1.165) is 19.4 Å². The van der Waals surface area contributed by atoms with Gasteiger partial charge in [0.25, 0.3) is 0 Å². The molecule has 1 aromatic rings. The summed E-state index contributed by atoms with van der Waals surface area (Å²) in [5.74, 6) is 0. The van der Waals surface area contributed by atoms with Crippen LogP contribution in [0.2, 0.25) is 0 Å². The highest BCUT2D eigenvalue weighted by Gasteiger charge is 2.25. The predicted octanol–water partition coefficient (Wildman–Crippen LogP) is 3.11. The van der Waals surface area contributed by atoms with Gasteiger partial charge in [0.2, 0.25) is 0 Å². The fourth-order valence-electron chi connectivity index (χ4n) is 2.61. The molecule has 1 aromatic heterocycles. The summed E-state index contributed by atoms with van der Waals surface area (Å²) < 4.78 is 0. The Hall–Kier alpha value is -0.890. The van der Waals surface area contributed by atoms with Crippen molar-refractivity contribution in [3.8, 4) is 0 Å². The van der Waals surface area contributed by atoms with E-state index in [2.05, 4.69) is 36.3 Å². The van der Waals surface area contributed by atoms with E-state index in [1.807, 2.05) is 6.20 Å². The van der Waals surface area contributed by atoms with Gasteiger partial charge in [-0.3, -0.25) is 4.98 Å². The smallest absolute Gasteiger partial charge is 0.0422 e. The average molecular weight is 232 g/mol. The SMILES string of the molecule is CCc1ccc(CC2(C)CCCCCN2)nc1. The van der Waals surface area contributed by atoms with Crippen molar-refractivity contribution in [1.82, 2.24) is 10.3 Å². The minimum Gasteiger partial charge on any atom is -0.311 e. The van der Waals surface area contributed by atoms with E-state index in [-0.39, 0.29) is 5.54 Å². The lowest BCUT2D eigenvalue weighted by atomic mass is 9.90. The van der Waals surface area contributed by atoms with Gasteiger partial charge in [-0.15, -0.1) is 0 Å². The number of nitrogens with one attached hydrogen (secondary N) is 1. The fraction of sp³-hybridized carbons (Fsp3) is 0.667. The minimum absolute atomic E-state index is 0.247. The van der Waals surface area contributed by atoms with Crippen molar-refractivity contribution in [2.24, 2.45) is 0 Å². The second-order valence-electron chi connectivity index (χ2n) is 5.49. The van der Waals surface area contributed by atoms with Gasteiger partial charge in [-0.25, -0.2) is 0 Å². The first kappa shape index (κ1) is 12.6.